The van der Waals surface area contributed by atoms with Crippen molar-refractivity contribution in [3.05, 3.63) is 40.7 Å². The van der Waals surface area contributed by atoms with E-state index in [2.05, 4.69) is 26.1 Å². The van der Waals surface area contributed by atoms with Gasteiger partial charge in [-0.3, -0.25) is 0 Å². The van der Waals surface area contributed by atoms with Crippen LogP contribution in [-0.2, 0) is 6.54 Å². The maximum Gasteiger partial charge on any atom is 0.190 e. The molecule has 5 heteroatoms. The van der Waals surface area contributed by atoms with Crippen LogP contribution >= 0.6 is 11.3 Å². The Kier molecular flexibility index (Phi) is 5.31. The lowest BCUT2D eigenvalue weighted by Gasteiger charge is -2.15. The highest BCUT2D eigenvalue weighted by Crippen LogP contribution is 2.33. The number of nitrogens with zero attached hydrogens (tertiary/aromatic N) is 2. The van der Waals surface area contributed by atoms with Crippen LogP contribution < -0.4 is 10.2 Å². The minimum atomic E-state index is -0.229. The largest absolute Gasteiger partial charge is 0.321 e. The van der Waals surface area contributed by atoms with Gasteiger partial charge in [0.1, 0.15) is 5.82 Å². The summed E-state index contributed by atoms with van der Waals surface area (Å²) >= 11 is 1.67. The van der Waals surface area contributed by atoms with E-state index in [1.54, 1.807) is 17.4 Å². The normalized spacial score (nSPS) is 11.1. The smallest absolute Gasteiger partial charge is 0.190 e. The van der Waals surface area contributed by atoms with Crippen LogP contribution in [0.15, 0.2) is 24.3 Å². The van der Waals surface area contributed by atoms with Crippen LogP contribution in [0.5, 0.6) is 0 Å². The third-order valence-corrected chi connectivity index (χ3v) is 4.43. The zero-order valence-corrected chi connectivity index (χ0v) is 13.8. The van der Waals surface area contributed by atoms with Crippen LogP contribution in [0.3, 0.4) is 0 Å². The lowest BCUT2D eigenvalue weighted by atomic mass is 10.1. The first-order valence-corrected chi connectivity index (χ1v) is 8.04. The van der Waals surface area contributed by atoms with Gasteiger partial charge in [-0.2, -0.15) is 0 Å². The first-order valence-electron chi connectivity index (χ1n) is 7.22. The van der Waals surface area contributed by atoms with Crippen molar-refractivity contribution in [1.29, 1.82) is 0 Å². The monoisotopic (exact) mass is 307 g/mol. The van der Waals surface area contributed by atoms with E-state index in [1.165, 1.54) is 17.0 Å². The molecule has 0 saturated heterocycles. The number of halogens is 1. The van der Waals surface area contributed by atoms with E-state index in [4.69, 9.17) is 4.98 Å². The van der Waals surface area contributed by atoms with Crippen molar-refractivity contribution in [3.8, 4) is 0 Å². The Labute approximate surface area is 129 Å². The average Bonchev–Trinajstić information content (AvgIpc) is 2.88. The number of nitrogens with one attached hydrogen (secondary N) is 1. The van der Waals surface area contributed by atoms with Crippen molar-refractivity contribution in [2.24, 2.45) is 0 Å². The Balaban J connectivity index is 2.30. The second-order valence-corrected chi connectivity index (χ2v) is 6.34. The second-order valence-electron chi connectivity index (χ2n) is 5.28. The highest BCUT2D eigenvalue weighted by molar-refractivity contribution is 7.15. The Morgan fingerprint density at radius 1 is 1.38 bits per heavy atom. The van der Waals surface area contributed by atoms with E-state index in [9.17, 15) is 4.39 Å². The Bertz CT molecular complexity index is 595. The fraction of sp³-hybridized carbons (Fsp3) is 0.438. The van der Waals surface area contributed by atoms with Gasteiger partial charge in [0.2, 0.25) is 0 Å². The molecule has 21 heavy (non-hydrogen) atoms. The van der Waals surface area contributed by atoms with Crippen molar-refractivity contribution in [1.82, 2.24) is 10.3 Å². The standard InChI is InChI=1S/C16H22FN3S/c1-5-18-10-14-15(11(2)3)19-16(21-14)20(4)13-8-6-7-12(17)9-13/h6-9,11,18H,5,10H2,1-4H3. The van der Waals surface area contributed by atoms with E-state index in [1.807, 2.05) is 18.0 Å². The SMILES string of the molecule is CCNCc1sc(N(C)c2cccc(F)c2)nc1C(C)C. The van der Waals surface area contributed by atoms with Gasteiger partial charge in [-0.1, -0.05) is 38.2 Å². The number of anilines is 2. The van der Waals surface area contributed by atoms with Gasteiger partial charge in [0.05, 0.1) is 5.69 Å². The van der Waals surface area contributed by atoms with E-state index in [0.717, 1.165) is 29.6 Å². The number of aromatic nitrogens is 1. The molecule has 0 radical (unpaired) electrons. The summed E-state index contributed by atoms with van der Waals surface area (Å²) in [4.78, 5) is 7.94. The summed E-state index contributed by atoms with van der Waals surface area (Å²) in [5.74, 6) is 0.150. The number of hydrogen-bond donors (Lipinski definition) is 1. The summed E-state index contributed by atoms with van der Waals surface area (Å²) in [6.07, 6.45) is 0. The summed E-state index contributed by atoms with van der Waals surface area (Å²) in [5, 5.41) is 4.25. The van der Waals surface area contributed by atoms with Crippen molar-refractivity contribution in [2.45, 2.75) is 33.2 Å². The molecule has 0 spiro atoms. The first-order chi connectivity index (χ1) is 10.0. The third kappa shape index (κ3) is 3.80. The van der Waals surface area contributed by atoms with Crippen LogP contribution in [0.1, 0.15) is 37.3 Å². The summed E-state index contributed by atoms with van der Waals surface area (Å²) in [6, 6.07) is 6.59. The van der Waals surface area contributed by atoms with Crippen molar-refractivity contribution >= 4 is 22.2 Å². The summed E-state index contributed by atoms with van der Waals surface area (Å²) < 4.78 is 13.4. The van der Waals surface area contributed by atoms with Crippen LogP contribution in [0, 0.1) is 5.82 Å². The minimum Gasteiger partial charge on any atom is -0.321 e. The molecule has 1 N–H and O–H groups in total. The van der Waals surface area contributed by atoms with Crippen molar-refractivity contribution in [3.63, 3.8) is 0 Å². The molecule has 1 aromatic carbocycles. The fourth-order valence-corrected chi connectivity index (χ4v) is 3.27. The van der Waals surface area contributed by atoms with Gasteiger partial charge in [0, 0.05) is 24.2 Å². The van der Waals surface area contributed by atoms with Gasteiger partial charge in [0.25, 0.3) is 0 Å². The lowest BCUT2D eigenvalue weighted by Crippen LogP contribution is -2.12. The van der Waals surface area contributed by atoms with E-state index in [0.29, 0.717) is 5.92 Å². The predicted octanol–water partition coefficient (Wildman–Crippen LogP) is 4.28. The number of thiazole rings is 1. The van der Waals surface area contributed by atoms with Crippen molar-refractivity contribution in [2.75, 3.05) is 18.5 Å². The van der Waals surface area contributed by atoms with Crippen molar-refractivity contribution < 1.29 is 4.39 Å². The molecule has 114 valence electrons. The van der Waals surface area contributed by atoms with Crippen LogP contribution in [-0.4, -0.2) is 18.6 Å². The molecule has 1 aromatic heterocycles. The van der Waals surface area contributed by atoms with Gasteiger partial charge in [-0.05, 0) is 30.7 Å². The summed E-state index contributed by atoms with van der Waals surface area (Å²) in [5.41, 5.74) is 1.94. The zero-order valence-electron chi connectivity index (χ0n) is 13.0. The maximum atomic E-state index is 13.4. The summed E-state index contributed by atoms with van der Waals surface area (Å²) in [6.45, 7) is 8.16. The molecule has 0 atom stereocenters. The molecule has 0 unspecified atom stereocenters. The molecule has 3 nitrogen and oxygen atoms in total. The van der Waals surface area contributed by atoms with E-state index < -0.39 is 0 Å². The van der Waals surface area contributed by atoms with Crippen LogP contribution in [0.4, 0.5) is 15.2 Å². The van der Waals surface area contributed by atoms with E-state index in [-0.39, 0.29) is 5.82 Å². The molecule has 0 aliphatic heterocycles. The third-order valence-electron chi connectivity index (χ3n) is 3.28. The van der Waals surface area contributed by atoms with Gasteiger partial charge in [0.15, 0.2) is 5.13 Å². The molecule has 0 fully saturated rings. The first kappa shape index (κ1) is 15.9. The number of rotatable bonds is 6. The lowest BCUT2D eigenvalue weighted by molar-refractivity contribution is 0.628. The molecule has 0 aliphatic carbocycles. The predicted molar refractivity (Wildman–Crippen MR) is 88.0 cm³/mol. The van der Waals surface area contributed by atoms with Crippen LogP contribution in [0.25, 0.3) is 0 Å². The van der Waals surface area contributed by atoms with Gasteiger partial charge >= 0.3 is 0 Å². The minimum absolute atomic E-state index is 0.229. The quantitative estimate of drug-likeness (QED) is 0.863. The van der Waals surface area contributed by atoms with E-state index >= 15 is 0 Å². The molecular weight excluding hydrogens is 285 g/mol. The summed E-state index contributed by atoms with van der Waals surface area (Å²) in [7, 11) is 1.93. The number of benzene rings is 1. The fourth-order valence-electron chi connectivity index (χ4n) is 2.11. The second kappa shape index (κ2) is 7.00. The van der Waals surface area contributed by atoms with Gasteiger partial charge < -0.3 is 10.2 Å². The maximum absolute atomic E-state index is 13.4. The molecule has 1 heterocycles. The molecule has 0 amide bonds. The Morgan fingerprint density at radius 3 is 2.76 bits per heavy atom. The highest BCUT2D eigenvalue weighted by atomic mass is 32.1. The highest BCUT2D eigenvalue weighted by Gasteiger charge is 2.17. The molecule has 2 rings (SSSR count). The molecule has 0 bridgehead atoms. The topological polar surface area (TPSA) is 28.2 Å². The molecular formula is C16H22FN3S. The Hall–Kier alpha value is -1.46. The zero-order chi connectivity index (χ0) is 15.4. The number of hydrogen-bond acceptors (Lipinski definition) is 4. The van der Waals surface area contributed by atoms with Gasteiger partial charge in [-0.25, -0.2) is 9.37 Å². The van der Waals surface area contributed by atoms with Crippen LogP contribution in [0.2, 0.25) is 0 Å². The molecule has 2 aromatic rings. The average molecular weight is 307 g/mol. The molecule has 0 saturated carbocycles. The molecule has 0 aliphatic rings. The Morgan fingerprint density at radius 2 is 2.14 bits per heavy atom. The van der Waals surface area contributed by atoms with Gasteiger partial charge in [-0.15, -0.1) is 0 Å².